The van der Waals surface area contributed by atoms with Gasteiger partial charge in [0.15, 0.2) is 0 Å². The molecule has 0 fully saturated rings. The molecule has 0 radical (unpaired) electrons. The first-order chi connectivity index (χ1) is 6.27. The number of rotatable bonds is 3. The van der Waals surface area contributed by atoms with Crippen molar-refractivity contribution in [1.29, 1.82) is 0 Å². The number of methoxy groups -OCH3 is 1. The minimum Gasteiger partial charge on any atom is -0.479 e. The highest BCUT2D eigenvalue weighted by Gasteiger charge is 2.06. The third-order valence-electron chi connectivity index (χ3n) is 1.26. The summed E-state index contributed by atoms with van der Waals surface area (Å²) in [4.78, 5) is 18.4. The quantitative estimate of drug-likeness (QED) is 0.730. The molecule has 1 rings (SSSR count). The van der Waals surface area contributed by atoms with Crippen LogP contribution in [0, 0.1) is 0 Å². The first kappa shape index (κ1) is 9.73. The Balaban J connectivity index is 2.81. The maximum absolute atomic E-state index is 10.9. The Kier molecular flexibility index (Phi) is 3.45. The number of aromatic nitrogens is 2. The zero-order valence-corrected chi connectivity index (χ0v) is 7.71. The maximum Gasteiger partial charge on any atom is 0.240 e. The molecule has 0 aliphatic carbocycles. The predicted octanol–water partition coefficient (Wildman–Crippen LogP) is 0.662. The molecule has 0 atom stereocenters. The number of hydrogen-bond acceptors (Lipinski definition) is 4. The maximum atomic E-state index is 10.9. The van der Waals surface area contributed by atoms with Gasteiger partial charge < -0.3 is 10.1 Å². The van der Waals surface area contributed by atoms with Gasteiger partial charge in [-0.05, 0) is 0 Å². The van der Waals surface area contributed by atoms with Gasteiger partial charge >= 0.3 is 0 Å². The number of nitrogens with zero attached hydrogens (tertiary/aromatic N) is 2. The van der Waals surface area contributed by atoms with Gasteiger partial charge in [0.25, 0.3) is 0 Å². The Bertz CT molecular complexity index is 306. The molecule has 5 nitrogen and oxygen atoms in total. The van der Waals surface area contributed by atoms with Crippen molar-refractivity contribution in [2.24, 2.45) is 0 Å². The number of ether oxygens (including phenoxy) is 1. The van der Waals surface area contributed by atoms with Crippen molar-refractivity contribution in [2.75, 3.05) is 18.3 Å². The molecule has 0 aromatic carbocycles. The molecule has 0 aliphatic heterocycles. The molecule has 0 spiro atoms. The van der Waals surface area contributed by atoms with Crippen molar-refractivity contribution in [3.05, 3.63) is 12.5 Å². The molecule has 0 aliphatic rings. The highest BCUT2D eigenvalue weighted by molar-refractivity contribution is 6.29. The van der Waals surface area contributed by atoms with Crippen LogP contribution in [-0.2, 0) is 4.79 Å². The van der Waals surface area contributed by atoms with Crippen molar-refractivity contribution < 1.29 is 9.53 Å². The van der Waals surface area contributed by atoms with E-state index in [9.17, 15) is 4.79 Å². The van der Waals surface area contributed by atoms with Gasteiger partial charge in [0.2, 0.25) is 11.8 Å². The van der Waals surface area contributed by atoms with Gasteiger partial charge in [0.1, 0.15) is 17.9 Å². The van der Waals surface area contributed by atoms with Crippen LogP contribution in [0.25, 0.3) is 0 Å². The van der Waals surface area contributed by atoms with E-state index in [1.165, 1.54) is 19.6 Å². The summed E-state index contributed by atoms with van der Waals surface area (Å²) in [6, 6.07) is 0. The minimum atomic E-state index is -0.324. The second-order valence-electron chi connectivity index (χ2n) is 2.13. The molecule has 0 saturated carbocycles. The summed E-state index contributed by atoms with van der Waals surface area (Å²) < 4.78 is 4.88. The topological polar surface area (TPSA) is 64.1 Å². The number of anilines is 1. The smallest absolute Gasteiger partial charge is 0.240 e. The number of hydrogen-bond donors (Lipinski definition) is 1. The average molecular weight is 202 g/mol. The third kappa shape index (κ3) is 2.55. The molecule has 1 heterocycles. The molecule has 1 N–H and O–H groups in total. The van der Waals surface area contributed by atoms with Crippen molar-refractivity contribution >= 4 is 23.2 Å². The molecule has 0 saturated heterocycles. The van der Waals surface area contributed by atoms with Crippen LogP contribution < -0.4 is 10.1 Å². The van der Waals surface area contributed by atoms with E-state index >= 15 is 0 Å². The molecule has 6 heteroatoms. The fourth-order valence-electron chi connectivity index (χ4n) is 0.750. The second-order valence-corrected chi connectivity index (χ2v) is 2.39. The Hall–Kier alpha value is -1.36. The fraction of sp³-hybridized carbons (Fsp3) is 0.286. The van der Waals surface area contributed by atoms with E-state index in [-0.39, 0.29) is 11.8 Å². The number of nitrogens with one attached hydrogen (secondary N) is 1. The Morgan fingerprint density at radius 1 is 1.77 bits per heavy atom. The van der Waals surface area contributed by atoms with Crippen LogP contribution in [0.15, 0.2) is 12.5 Å². The number of carbonyl (C=O) groups excluding carboxylic acids is 1. The number of amides is 1. The number of alkyl halides is 1. The van der Waals surface area contributed by atoms with Crippen molar-refractivity contribution in [1.82, 2.24) is 9.97 Å². The van der Waals surface area contributed by atoms with Crippen LogP contribution in [0.3, 0.4) is 0 Å². The van der Waals surface area contributed by atoms with Gasteiger partial charge in [0.05, 0.1) is 13.3 Å². The van der Waals surface area contributed by atoms with E-state index < -0.39 is 0 Å². The standard InChI is InChI=1S/C7H8ClN3O2/c1-13-7-5(3-9-4-10-7)11-6(12)2-8/h3-4H,2H2,1H3,(H,11,12). The van der Waals surface area contributed by atoms with Crippen LogP contribution in [0.2, 0.25) is 0 Å². The monoisotopic (exact) mass is 201 g/mol. The second kappa shape index (κ2) is 4.61. The first-order valence-corrected chi connectivity index (χ1v) is 4.01. The van der Waals surface area contributed by atoms with Crippen molar-refractivity contribution in [3.63, 3.8) is 0 Å². The zero-order chi connectivity index (χ0) is 9.68. The van der Waals surface area contributed by atoms with Crippen LogP contribution in [0.1, 0.15) is 0 Å². The lowest BCUT2D eigenvalue weighted by molar-refractivity contribution is -0.113. The summed E-state index contributed by atoms with van der Waals surface area (Å²) in [7, 11) is 1.46. The lowest BCUT2D eigenvalue weighted by Gasteiger charge is -2.05. The van der Waals surface area contributed by atoms with Crippen molar-refractivity contribution in [3.8, 4) is 5.88 Å². The minimum absolute atomic E-state index is 0.113. The van der Waals surface area contributed by atoms with Gasteiger partial charge in [-0.1, -0.05) is 0 Å². The summed E-state index contributed by atoms with van der Waals surface area (Å²) in [5, 5.41) is 2.49. The lowest BCUT2D eigenvalue weighted by atomic mass is 10.5. The normalized spacial score (nSPS) is 9.38. The molecule has 0 unspecified atom stereocenters. The van der Waals surface area contributed by atoms with E-state index in [0.717, 1.165) is 0 Å². The average Bonchev–Trinajstić information content (AvgIpc) is 2.18. The van der Waals surface area contributed by atoms with E-state index in [4.69, 9.17) is 16.3 Å². The fourth-order valence-corrected chi connectivity index (χ4v) is 0.817. The molecule has 1 aromatic heterocycles. The highest BCUT2D eigenvalue weighted by Crippen LogP contribution is 2.17. The zero-order valence-electron chi connectivity index (χ0n) is 6.95. The summed E-state index contributed by atoms with van der Waals surface area (Å²) in [6.07, 6.45) is 2.77. The van der Waals surface area contributed by atoms with E-state index in [0.29, 0.717) is 11.6 Å². The number of carbonyl (C=O) groups is 1. The molecule has 13 heavy (non-hydrogen) atoms. The molecular weight excluding hydrogens is 194 g/mol. The van der Waals surface area contributed by atoms with Crippen LogP contribution in [0.5, 0.6) is 5.88 Å². The van der Waals surface area contributed by atoms with Gasteiger partial charge in [-0.25, -0.2) is 4.98 Å². The molecule has 70 valence electrons. The first-order valence-electron chi connectivity index (χ1n) is 3.47. The molecular formula is C7H8ClN3O2. The molecule has 0 bridgehead atoms. The Morgan fingerprint density at radius 3 is 3.15 bits per heavy atom. The summed E-state index contributed by atoms with van der Waals surface area (Å²) in [6.45, 7) is 0. The van der Waals surface area contributed by atoms with Gasteiger partial charge in [-0.2, -0.15) is 4.98 Å². The highest BCUT2D eigenvalue weighted by atomic mass is 35.5. The van der Waals surface area contributed by atoms with Crippen LogP contribution >= 0.6 is 11.6 Å². The summed E-state index contributed by atoms with van der Waals surface area (Å²) in [5.74, 6) is -0.124. The van der Waals surface area contributed by atoms with E-state index in [2.05, 4.69) is 15.3 Å². The van der Waals surface area contributed by atoms with E-state index in [1.807, 2.05) is 0 Å². The molecule has 1 aromatic rings. The third-order valence-corrected chi connectivity index (χ3v) is 1.51. The predicted molar refractivity (Wildman–Crippen MR) is 47.9 cm³/mol. The van der Waals surface area contributed by atoms with E-state index in [1.54, 1.807) is 0 Å². The lowest BCUT2D eigenvalue weighted by Crippen LogP contribution is -2.13. The van der Waals surface area contributed by atoms with Gasteiger partial charge in [-0.3, -0.25) is 4.79 Å². The van der Waals surface area contributed by atoms with Crippen molar-refractivity contribution in [2.45, 2.75) is 0 Å². The Morgan fingerprint density at radius 2 is 2.54 bits per heavy atom. The van der Waals surface area contributed by atoms with Gasteiger partial charge in [0, 0.05) is 0 Å². The summed E-state index contributed by atoms with van der Waals surface area (Å²) >= 11 is 5.30. The SMILES string of the molecule is COc1ncncc1NC(=O)CCl. The molecule has 1 amide bonds. The Labute approximate surface area is 80.1 Å². The van der Waals surface area contributed by atoms with Crippen LogP contribution in [-0.4, -0.2) is 28.9 Å². The number of halogens is 1. The largest absolute Gasteiger partial charge is 0.479 e. The van der Waals surface area contributed by atoms with Gasteiger partial charge in [-0.15, -0.1) is 11.6 Å². The summed E-state index contributed by atoms with van der Waals surface area (Å²) in [5.41, 5.74) is 0.413. The van der Waals surface area contributed by atoms with Crippen LogP contribution in [0.4, 0.5) is 5.69 Å².